The first kappa shape index (κ1) is 16.4. The smallest absolute Gasteiger partial charge is 0.260 e. The van der Waals surface area contributed by atoms with E-state index >= 15 is 0 Å². The van der Waals surface area contributed by atoms with Crippen LogP contribution in [0.25, 0.3) is 0 Å². The Morgan fingerprint density at radius 3 is 2.55 bits per heavy atom. The van der Waals surface area contributed by atoms with Gasteiger partial charge in [0.05, 0.1) is 4.99 Å². The number of hydrogen-bond donors (Lipinski definition) is 1. The molecule has 0 aliphatic rings. The molecule has 0 unspecified atom stereocenters. The highest BCUT2D eigenvalue weighted by atomic mass is 32.1. The minimum absolute atomic E-state index is 0.0358. The summed E-state index contributed by atoms with van der Waals surface area (Å²) < 4.78 is 5.48. The van der Waals surface area contributed by atoms with Gasteiger partial charge in [0.15, 0.2) is 6.61 Å². The summed E-state index contributed by atoms with van der Waals surface area (Å²) in [6, 6.07) is 9.31. The minimum Gasteiger partial charge on any atom is -0.484 e. The molecule has 5 heteroatoms. The number of carbonyl (C=O) groups is 1. The Labute approximate surface area is 125 Å². The molecular formula is C15H22N2O2S. The highest BCUT2D eigenvalue weighted by Crippen LogP contribution is 2.09. The Kier molecular flexibility index (Phi) is 7.01. The van der Waals surface area contributed by atoms with Crippen LogP contribution in [-0.2, 0) is 4.79 Å². The minimum atomic E-state index is -0.0428. The van der Waals surface area contributed by atoms with Gasteiger partial charge in [-0.15, -0.1) is 0 Å². The van der Waals surface area contributed by atoms with E-state index in [9.17, 15) is 4.79 Å². The summed E-state index contributed by atoms with van der Waals surface area (Å²) in [7, 11) is 0. The Morgan fingerprint density at radius 1 is 1.35 bits per heavy atom. The van der Waals surface area contributed by atoms with Crippen LogP contribution in [0.4, 0.5) is 0 Å². The molecule has 20 heavy (non-hydrogen) atoms. The van der Waals surface area contributed by atoms with Gasteiger partial charge in [-0.1, -0.05) is 44.3 Å². The zero-order valence-electron chi connectivity index (χ0n) is 12.0. The number of nitrogens with zero attached hydrogens (tertiary/aromatic N) is 1. The van der Waals surface area contributed by atoms with E-state index in [-0.39, 0.29) is 12.5 Å². The Morgan fingerprint density at radius 2 is 2.00 bits per heavy atom. The van der Waals surface area contributed by atoms with Gasteiger partial charge in [0, 0.05) is 19.5 Å². The number of para-hydroxylation sites is 1. The van der Waals surface area contributed by atoms with E-state index < -0.39 is 0 Å². The van der Waals surface area contributed by atoms with Gasteiger partial charge in [-0.2, -0.15) is 0 Å². The van der Waals surface area contributed by atoms with Crippen LogP contribution in [0.5, 0.6) is 5.75 Å². The Hall–Kier alpha value is -1.62. The van der Waals surface area contributed by atoms with E-state index in [4.69, 9.17) is 22.7 Å². The Bertz CT molecular complexity index is 435. The summed E-state index contributed by atoms with van der Waals surface area (Å²) in [5, 5.41) is 0. The van der Waals surface area contributed by atoms with Gasteiger partial charge in [0.1, 0.15) is 5.75 Å². The van der Waals surface area contributed by atoms with Crippen LogP contribution in [0, 0.1) is 5.92 Å². The van der Waals surface area contributed by atoms with Crippen molar-refractivity contribution in [2.75, 3.05) is 19.7 Å². The monoisotopic (exact) mass is 294 g/mol. The van der Waals surface area contributed by atoms with Crippen LogP contribution in [-0.4, -0.2) is 35.5 Å². The van der Waals surface area contributed by atoms with Gasteiger partial charge in [-0.3, -0.25) is 4.79 Å². The molecule has 0 aliphatic carbocycles. The van der Waals surface area contributed by atoms with E-state index in [1.165, 1.54) is 0 Å². The van der Waals surface area contributed by atoms with Gasteiger partial charge >= 0.3 is 0 Å². The number of thiocarbonyl (C=S) groups is 1. The molecule has 0 bridgehead atoms. The summed E-state index contributed by atoms with van der Waals surface area (Å²) in [5.74, 6) is 1.04. The third kappa shape index (κ3) is 6.52. The van der Waals surface area contributed by atoms with Crippen molar-refractivity contribution in [2.24, 2.45) is 11.7 Å². The zero-order valence-corrected chi connectivity index (χ0v) is 12.9. The van der Waals surface area contributed by atoms with Crippen molar-refractivity contribution in [3.63, 3.8) is 0 Å². The number of ether oxygens (including phenoxy) is 1. The Balaban J connectivity index is 2.51. The topological polar surface area (TPSA) is 55.6 Å². The molecule has 0 radical (unpaired) electrons. The number of amides is 1. The largest absolute Gasteiger partial charge is 0.484 e. The van der Waals surface area contributed by atoms with Crippen molar-refractivity contribution >= 4 is 23.1 Å². The van der Waals surface area contributed by atoms with Crippen molar-refractivity contribution < 1.29 is 9.53 Å². The summed E-state index contributed by atoms with van der Waals surface area (Å²) in [4.78, 5) is 14.4. The molecule has 0 aromatic heterocycles. The van der Waals surface area contributed by atoms with Crippen molar-refractivity contribution in [2.45, 2.75) is 20.3 Å². The number of rotatable bonds is 8. The van der Waals surface area contributed by atoms with Gasteiger partial charge < -0.3 is 15.4 Å². The summed E-state index contributed by atoms with van der Waals surface area (Å²) in [6.07, 6.45) is 0.541. The molecule has 0 heterocycles. The van der Waals surface area contributed by atoms with E-state index in [2.05, 4.69) is 13.8 Å². The molecule has 1 aromatic rings. The lowest BCUT2D eigenvalue weighted by Crippen LogP contribution is -2.39. The van der Waals surface area contributed by atoms with E-state index in [0.29, 0.717) is 36.2 Å². The second-order valence-electron chi connectivity index (χ2n) is 5.05. The zero-order chi connectivity index (χ0) is 15.0. The highest BCUT2D eigenvalue weighted by Gasteiger charge is 2.15. The summed E-state index contributed by atoms with van der Waals surface area (Å²) in [5.41, 5.74) is 5.50. The maximum absolute atomic E-state index is 12.2. The lowest BCUT2D eigenvalue weighted by atomic mass is 10.2. The van der Waals surface area contributed by atoms with Crippen LogP contribution in [0.3, 0.4) is 0 Å². The molecule has 0 spiro atoms. The van der Waals surface area contributed by atoms with Crippen molar-refractivity contribution in [3.05, 3.63) is 30.3 Å². The predicted molar refractivity (Wildman–Crippen MR) is 84.8 cm³/mol. The molecule has 0 saturated heterocycles. The number of nitrogens with two attached hydrogens (primary N) is 1. The first-order valence-electron chi connectivity index (χ1n) is 6.73. The van der Waals surface area contributed by atoms with Gasteiger partial charge in [-0.25, -0.2) is 0 Å². The quantitative estimate of drug-likeness (QED) is 0.747. The molecule has 0 atom stereocenters. The molecule has 1 aromatic carbocycles. The van der Waals surface area contributed by atoms with Crippen LogP contribution < -0.4 is 10.5 Å². The fourth-order valence-corrected chi connectivity index (χ4v) is 1.85. The van der Waals surface area contributed by atoms with Crippen LogP contribution in [0.15, 0.2) is 30.3 Å². The van der Waals surface area contributed by atoms with Crippen LogP contribution >= 0.6 is 12.2 Å². The summed E-state index contributed by atoms with van der Waals surface area (Å²) in [6.45, 7) is 5.40. The fraction of sp³-hybridized carbons (Fsp3) is 0.467. The second-order valence-corrected chi connectivity index (χ2v) is 5.58. The lowest BCUT2D eigenvalue weighted by molar-refractivity contribution is -0.133. The fourth-order valence-electron chi connectivity index (χ4n) is 1.76. The molecule has 110 valence electrons. The third-order valence-electron chi connectivity index (χ3n) is 2.67. The standard InChI is InChI=1S/C15H22N2O2S/c1-12(2)10-17(9-8-14(16)20)15(18)11-19-13-6-4-3-5-7-13/h3-7,12H,8-11H2,1-2H3,(H2,16,20). The van der Waals surface area contributed by atoms with Crippen molar-refractivity contribution in [1.29, 1.82) is 0 Å². The first-order valence-corrected chi connectivity index (χ1v) is 7.13. The lowest BCUT2D eigenvalue weighted by Gasteiger charge is -2.24. The molecular weight excluding hydrogens is 272 g/mol. The van der Waals surface area contributed by atoms with Gasteiger partial charge in [-0.05, 0) is 18.1 Å². The molecule has 0 saturated carbocycles. The highest BCUT2D eigenvalue weighted by molar-refractivity contribution is 7.80. The van der Waals surface area contributed by atoms with E-state index in [0.717, 1.165) is 0 Å². The van der Waals surface area contributed by atoms with Crippen LogP contribution in [0.2, 0.25) is 0 Å². The van der Waals surface area contributed by atoms with Crippen molar-refractivity contribution in [1.82, 2.24) is 4.90 Å². The SMILES string of the molecule is CC(C)CN(CCC(N)=S)C(=O)COc1ccccc1. The number of hydrogen-bond acceptors (Lipinski definition) is 3. The van der Waals surface area contributed by atoms with E-state index in [1.54, 1.807) is 4.90 Å². The number of carbonyl (C=O) groups excluding carboxylic acids is 1. The maximum atomic E-state index is 12.2. The molecule has 1 amide bonds. The average Bonchev–Trinajstić information content (AvgIpc) is 2.41. The molecule has 0 aliphatic heterocycles. The summed E-state index contributed by atoms with van der Waals surface area (Å²) >= 11 is 4.86. The number of benzene rings is 1. The maximum Gasteiger partial charge on any atom is 0.260 e. The van der Waals surface area contributed by atoms with Crippen LogP contribution in [0.1, 0.15) is 20.3 Å². The second kappa shape index (κ2) is 8.53. The molecule has 1 rings (SSSR count). The molecule has 4 nitrogen and oxygen atoms in total. The van der Waals surface area contributed by atoms with E-state index in [1.807, 2.05) is 30.3 Å². The average molecular weight is 294 g/mol. The van der Waals surface area contributed by atoms with Crippen molar-refractivity contribution in [3.8, 4) is 5.75 Å². The van der Waals surface area contributed by atoms with Gasteiger partial charge in [0.25, 0.3) is 5.91 Å². The third-order valence-corrected chi connectivity index (χ3v) is 2.88. The molecule has 0 fully saturated rings. The normalized spacial score (nSPS) is 10.3. The predicted octanol–water partition coefficient (Wildman–Crippen LogP) is 2.23. The molecule has 2 N–H and O–H groups in total. The van der Waals surface area contributed by atoms with Gasteiger partial charge in [0.2, 0.25) is 0 Å². The first-order chi connectivity index (χ1) is 9.49.